The highest BCUT2D eigenvalue weighted by atomic mass is 35.5. The number of anilines is 1. The molecule has 2 fully saturated rings. The number of aromatic nitrogens is 6. The fraction of sp³-hybridized carbons (Fsp3) is 0.432. The number of nitrogens with zero attached hydrogens (tertiary/aromatic N) is 9. The molecule has 6 heterocycles. The highest BCUT2D eigenvalue weighted by Gasteiger charge is 2.53. The lowest BCUT2D eigenvalue weighted by Gasteiger charge is -2.39. The zero-order chi connectivity index (χ0) is 40.6. The van der Waals surface area contributed by atoms with Crippen LogP contribution in [0.15, 0.2) is 35.4 Å². The number of benzene rings is 1. The number of piperidine rings is 1. The number of thioether (sulfide) groups is 1. The molecule has 0 radical (unpaired) electrons. The fourth-order valence-electron chi connectivity index (χ4n) is 7.86. The molecule has 296 valence electrons. The molecule has 0 unspecified atom stereocenters. The summed E-state index contributed by atoms with van der Waals surface area (Å²) in [5.74, 6) is -1.36. The summed E-state index contributed by atoms with van der Waals surface area (Å²) in [5.41, 5.74) is -0.690. The number of alkyl halides is 3. The lowest BCUT2D eigenvalue weighted by molar-refractivity contribution is -0.137. The number of aryl methyl sites for hydroxylation is 1. The van der Waals surface area contributed by atoms with Crippen molar-refractivity contribution in [2.75, 3.05) is 31.5 Å². The lowest BCUT2D eigenvalue weighted by atomic mass is 9.87. The molecule has 2 N–H and O–H groups in total. The molecule has 1 aliphatic carbocycles. The van der Waals surface area contributed by atoms with Crippen LogP contribution in [0.2, 0.25) is 5.02 Å². The van der Waals surface area contributed by atoms with Crippen LogP contribution in [-0.2, 0) is 27.1 Å². The molecule has 57 heavy (non-hydrogen) atoms. The Morgan fingerprint density at radius 2 is 1.86 bits per heavy atom. The number of hydrogen-bond acceptors (Lipinski definition) is 11. The second-order valence-corrected chi connectivity index (χ2v) is 16.8. The first-order valence-corrected chi connectivity index (χ1v) is 19.4. The van der Waals surface area contributed by atoms with Gasteiger partial charge >= 0.3 is 6.18 Å². The Morgan fingerprint density at radius 1 is 1.12 bits per heavy atom. The number of halogens is 4. The van der Waals surface area contributed by atoms with Crippen molar-refractivity contribution in [3.05, 3.63) is 80.0 Å². The maximum Gasteiger partial charge on any atom is 0.416 e. The molecular weight excluding hydrogens is 789 g/mol. The number of aromatic hydroxyl groups is 1. The van der Waals surface area contributed by atoms with Gasteiger partial charge < -0.3 is 24.8 Å². The number of nitrogens with one attached hydrogen (secondary N) is 1. The minimum atomic E-state index is -4.64. The third kappa shape index (κ3) is 6.57. The second kappa shape index (κ2) is 13.9. The molecule has 3 aliphatic heterocycles. The predicted molar refractivity (Wildman–Crippen MR) is 200 cm³/mol. The molecule has 8 rings (SSSR count). The van der Waals surface area contributed by atoms with Gasteiger partial charge in [-0.1, -0.05) is 17.7 Å². The van der Waals surface area contributed by atoms with Gasteiger partial charge in [-0.15, -0.1) is 16.9 Å². The van der Waals surface area contributed by atoms with Crippen molar-refractivity contribution in [1.29, 1.82) is 5.26 Å². The molecule has 4 aromatic rings. The second-order valence-electron chi connectivity index (χ2n) is 14.7. The Bertz CT molecular complexity index is 2520. The van der Waals surface area contributed by atoms with Crippen LogP contribution in [0.5, 0.6) is 5.75 Å². The van der Waals surface area contributed by atoms with E-state index >= 15 is 0 Å². The average molecular weight is 823 g/mol. The van der Waals surface area contributed by atoms with Gasteiger partial charge in [-0.05, 0) is 69.7 Å². The highest BCUT2D eigenvalue weighted by molar-refractivity contribution is 8.00. The van der Waals surface area contributed by atoms with Gasteiger partial charge in [0, 0.05) is 37.1 Å². The van der Waals surface area contributed by atoms with E-state index in [1.807, 2.05) is 6.92 Å². The third-order valence-electron chi connectivity index (χ3n) is 11.1. The van der Waals surface area contributed by atoms with Gasteiger partial charge in [0.2, 0.25) is 17.6 Å². The van der Waals surface area contributed by atoms with Gasteiger partial charge in [0.1, 0.15) is 18.3 Å². The normalized spacial score (nSPS) is 19.6. The quantitative estimate of drug-likeness (QED) is 0.270. The summed E-state index contributed by atoms with van der Waals surface area (Å²) in [7, 11) is 0. The Hall–Kier alpha value is -5.48. The first kappa shape index (κ1) is 38.4. The summed E-state index contributed by atoms with van der Waals surface area (Å²) in [6.07, 6.45) is 0.453. The smallest absolute Gasteiger partial charge is 0.416 e. The molecule has 1 saturated carbocycles. The van der Waals surface area contributed by atoms with E-state index < -0.39 is 45.8 Å². The number of carbonyl (C=O) groups excluding carboxylic acids is 3. The van der Waals surface area contributed by atoms with Gasteiger partial charge in [-0.25, -0.2) is 9.97 Å². The maximum absolute atomic E-state index is 14.6. The largest absolute Gasteiger partial charge is 0.504 e. The third-order valence-corrected chi connectivity index (χ3v) is 13.1. The standard InChI is InChI=1S/C37H34ClF3N10O5S/c1-19-29(53)27(44-18-43-19)32(55)48-13-9-36(10-14-48)26-28(20(2)57-36)50(16-25(52)45-24-4-3-22(15-23(24)38)37(39,40)41)34-46-30(47-51(34)31(26)54)21-5-11-49(12-6-21)33(56)35(17-42)7-8-35/h3-5,15,18,20,53H,6-14,16H2,1-2H3,(H,45,52)/t20-/m1/s1. The molecule has 1 spiro atoms. The van der Waals surface area contributed by atoms with Crippen LogP contribution in [0.4, 0.5) is 18.9 Å². The van der Waals surface area contributed by atoms with Crippen LogP contribution in [0.1, 0.15) is 83.1 Å². The van der Waals surface area contributed by atoms with Crippen molar-refractivity contribution in [2.24, 2.45) is 5.41 Å². The molecule has 3 aromatic heterocycles. The van der Waals surface area contributed by atoms with E-state index in [1.54, 1.807) is 27.4 Å². The van der Waals surface area contributed by atoms with Crippen LogP contribution in [0, 0.1) is 23.7 Å². The Balaban J connectivity index is 1.15. The molecule has 1 atom stereocenters. The number of likely N-dealkylation sites (tertiary alicyclic amines) is 1. The van der Waals surface area contributed by atoms with Gasteiger partial charge in [0.25, 0.3) is 11.5 Å². The number of amides is 3. The SMILES string of the molecule is Cc1ncnc(C(=O)N2CCC3(CC2)S[C@H](C)c2c3c(=O)n3nc(C4=CCN(C(=O)C5(C#N)CC5)CC4)nc3n2CC(=O)Nc2ccc(C(F)(F)F)cc2Cl)c1O. The molecule has 1 saturated heterocycles. The van der Waals surface area contributed by atoms with Gasteiger partial charge in [0.15, 0.2) is 17.3 Å². The minimum absolute atomic E-state index is 0.0396. The summed E-state index contributed by atoms with van der Waals surface area (Å²) in [6.45, 7) is 4.05. The summed E-state index contributed by atoms with van der Waals surface area (Å²) >= 11 is 7.69. The fourth-order valence-corrected chi connectivity index (χ4v) is 9.85. The monoisotopic (exact) mass is 822 g/mol. The number of fused-ring (bicyclic) bond motifs is 3. The number of carbonyl (C=O) groups is 3. The van der Waals surface area contributed by atoms with Gasteiger partial charge in [-0.3, -0.25) is 19.2 Å². The molecule has 4 aliphatic rings. The number of rotatable bonds is 6. The first-order chi connectivity index (χ1) is 27.1. The zero-order valence-electron chi connectivity index (χ0n) is 30.6. The van der Waals surface area contributed by atoms with Crippen LogP contribution in [0.3, 0.4) is 0 Å². The van der Waals surface area contributed by atoms with E-state index in [-0.39, 0.29) is 70.2 Å². The van der Waals surface area contributed by atoms with E-state index in [9.17, 15) is 42.7 Å². The molecular formula is C37H34ClF3N10O5S. The van der Waals surface area contributed by atoms with Crippen molar-refractivity contribution in [2.45, 2.75) is 68.7 Å². The lowest BCUT2D eigenvalue weighted by Crippen LogP contribution is -2.45. The van der Waals surface area contributed by atoms with Crippen molar-refractivity contribution >= 4 is 58.1 Å². The van der Waals surface area contributed by atoms with E-state index in [0.29, 0.717) is 55.5 Å². The molecule has 1 aromatic carbocycles. The van der Waals surface area contributed by atoms with E-state index in [0.717, 1.165) is 22.7 Å². The zero-order valence-corrected chi connectivity index (χ0v) is 32.1. The Kier molecular flexibility index (Phi) is 9.34. The summed E-state index contributed by atoms with van der Waals surface area (Å²) in [5, 5.41) is 26.6. The van der Waals surface area contributed by atoms with Gasteiger partial charge in [0.05, 0.1) is 38.3 Å². The van der Waals surface area contributed by atoms with Crippen LogP contribution < -0.4 is 10.9 Å². The molecule has 0 bridgehead atoms. The number of hydrogen-bond donors (Lipinski definition) is 2. The Morgan fingerprint density at radius 3 is 2.49 bits per heavy atom. The van der Waals surface area contributed by atoms with Crippen LogP contribution >= 0.6 is 23.4 Å². The maximum atomic E-state index is 14.6. The molecule has 20 heteroatoms. The van der Waals surface area contributed by atoms with Crippen molar-refractivity contribution in [1.82, 2.24) is 38.9 Å². The number of nitriles is 1. The van der Waals surface area contributed by atoms with Crippen LogP contribution in [0.25, 0.3) is 11.4 Å². The first-order valence-electron chi connectivity index (χ1n) is 18.1. The van der Waals surface area contributed by atoms with Crippen molar-refractivity contribution in [3.63, 3.8) is 0 Å². The highest BCUT2D eigenvalue weighted by Crippen LogP contribution is 2.58. The van der Waals surface area contributed by atoms with E-state index in [4.69, 9.17) is 16.6 Å². The van der Waals surface area contributed by atoms with Crippen molar-refractivity contribution < 1.29 is 32.7 Å². The summed E-state index contributed by atoms with van der Waals surface area (Å²) in [6, 6.07) is 4.74. The molecule has 3 amide bonds. The summed E-state index contributed by atoms with van der Waals surface area (Å²) < 4.78 is 41.9. The van der Waals surface area contributed by atoms with Gasteiger partial charge in [-0.2, -0.15) is 27.9 Å². The molecule has 15 nitrogen and oxygen atoms in total. The topological polar surface area (TPSA) is 192 Å². The average Bonchev–Trinajstić information content (AvgIpc) is 3.77. The van der Waals surface area contributed by atoms with E-state index in [1.165, 1.54) is 18.1 Å². The van der Waals surface area contributed by atoms with E-state index in [2.05, 4.69) is 26.5 Å². The Labute approximate surface area is 331 Å². The van der Waals surface area contributed by atoms with Crippen molar-refractivity contribution in [3.8, 4) is 11.8 Å². The minimum Gasteiger partial charge on any atom is -0.504 e. The predicted octanol–water partition coefficient (Wildman–Crippen LogP) is 4.86. The van der Waals surface area contributed by atoms with Crippen LogP contribution in [-0.4, -0.2) is 87.9 Å². The summed E-state index contributed by atoms with van der Waals surface area (Å²) in [4.78, 5) is 70.7.